The van der Waals surface area contributed by atoms with Gasteiger partial charge in [-0.15, -0.1) is 0 Å². The molecule has 2 rings (SSSR count). The van der Waals surface area contributed by atoms with E-state index in [4.69, 9.17) is 10.6 Å². The number of hydrogen-bond donors (Lipinski definition) is 1. The van der Waals surface area contributed by atoms with Crippen molar-refractivity contribution >= 4 is 5.97 Å². The first-order valence-electron chi connectivity index (χ1n) is 6.45. The largest absolute Gasteiger partial charge is 0.456 e. The molecule has 21 heavy (non-hydrogen) atoms. The smallest absolute Gasteiger partial charge is 0.345 e. The lowest BCUT2D eigenvalue weighted by Crippen LogP contribution is -2.36. The molecule has 0 aliphatic rings. The number of nitrogen functional groups attached to an aromatic ring is 1. The van der Waals surface area contributed by atoms with E-state index >= 15 is 0 Å². The van der Waals surface area contributed by atoms with E-state index in [1.54, 1.807) is 32.9 Å². The lowest BCUT2D eigenvalue weighted by Gasteiger charge is -2.19. The summed E-state index contributed by atoms with van der Waals surface area (Å²) < 4.78 is 6.01. The predicted molar refractivity (Wildman–Crippen MR) is 79.3 cm³/mol. The van der Waals surface area contributed by atoms with Gasteiger partial charge in [-0.1, -0.05) is 30.3 Å². The van der Waals surface area contributed by atoms with Crippen LogP contribution in [0.25, 0.3) is 11.4 Å². The van der Waals surface area contributed by atoms with Crippen LogP contribution in [0.1, 0.15) is 31.1 Å². The van der Waals surface area contributed by atoms with Gasteiger partial charge in [0.25, 0.3) is 5.56 Å². The highest BCUT2D eigenvalue weighted by molar-refractivity contribution is 5.89. The van der Waals surface area contributed by atoms with Crippen molar-refractivity contribution in [3.05, 3.63) is 52.4 Å². The van der Waals surface area contributed by atoms with E-state index in [0.717, 1.165) is 4.68 Å². The molecule has 0 radical (unpaired) electrons. The van der Waals surface area contributed by atoms with Gasteiger partial charge in [-0.25, -0.2) is 14.5 Å². The van der Waals surface area contributed by atoms with Gasteiger partial charge >= 0.3 is 5.97 Å². The first kappa shape index (κ1) is 14.8. The molecule has 0 atom stereocenters. The molecule has 110 valence electrons. The minimum absolute atomic E-state index is 0.188. The van der Waals surface area contributed by atoms with Gasteiger partial charge in [-0.2, -0.15) is 0 Å². The zero-order valence-electron chi connectivity index (χ0n) is 12.2. The van der Waals surface area contributed by atoms with Crippen molar-refractivity contribution in [3.63, 3.8) is 0 Å². The lowest BCUT2D eigenvalue weighted by atomic mass is 10.2. The second-order valence-electron chi connectivity index (χ2n) is 5.54. The van der Waals surface area contributed by atoms with Gasteiger partial charge in [0, 0.05) is 11.8 Å². The molecule has 1 aromatic carbocycles. The molecule has 0 aliphatic heterocycles. The predicted octanol–water partition coefficient (Wildman–Crippen LogP) is 1.58. The number of nitrogens with zero attached hydrogens (tertiary/aromatic N) is 2. The second kappa shape index (κ2) is 5.40. The third kappa shape index (κ3) is 3.28. The van der Waals surface area contributed by atoms with Crippen molar-refractivity contribution in [2.45, 2.75) is 26.4 Å². The average molecular weight is 287 g/mol. The Balaban J connectivity index is 2.44. The van der Waals surface area contributed by atoms with Crippen LogP contribution in [0.4, 0.5) is 0 Å². The maximum atomic E-state index is 12.2. The highest BCUT2D eigenvalue weighted by Crippen LogP contribution is 2.14. The fraction of sp³-hybridized carbons (Fsp3) is 0.267. The number of carbonyl (C=O) groups excluding carboxylic acids is 1. The quantitative estimate of drug-likeness (QED) is 0.669. The highest BCUT2D eigenvalue weighted by Gasteiger charge is 2.22. The van der Waals surface area contributed by atoms with Gasteiger partial charge in [0.1, 0.15) is 11.2 Å². The standard InChI is InChI=1S/C15H17N3O3/c1-15(2,3)21-14(20)11-9-17-12(18(16)13(11)19)10-7-5-4-6-8-10/h4-9H,16H2,1-3H3. The van der Waals surface area contributed by atoms with E-state index in [-0.39, 0.29) is 11.4 Å². The van der Waals surface area contributed by atoms with E-state index in [0.29, 0.717) is 5.56 Å². The monoisotopic (exact) mass is 287 g/mol. The number of carbonyl (C=O) groups is 1. The summed E-state index contributed by atoms with van der Waals surface area (Å²) in [7, 11) is 0. The molecular formula is C15H17N3O3. The van der Waals surface area contributed by atoms with E-state index in [2.05, 4.69) is 4.98 Å². The van der Waals surface area contributed by atoms with Gasteiger partial charge in [0.05, 0.1) is 0 Å². The molecular weight excluding hydrogens is 270 g/mol. The Labute approximate surface area is 122 Å². The third-order valence-corrected chi connectivity index (χ3v) is 2.64. The van der Waals surface area contributed by atoms with Gasteiger partial charge in [0.15, 0.2) is 5.82 Å². The van der Waals surface area contributed by atoms with Crippen LogP contribution in [-0.4, -0.2) is 21.2 Å². The van der Waals surface area contributed by atoms with Crippen LogP contribution in [0.2, 0.25) is 0 Å². The van der Waals surface area contributed by atoms with E-state index in [1.165, 1.54) is 6.20 Å². The summed E-state index contributed by atoms with van der Waals surface area (Å²) in [5, 5.41) is 0. The fourth-order valence-corrected chi connectivity index (χ4v) is 1.74. The zero-order valence-corrected chi connectivity index (χ0v) is 12.2. The van der Waals surface area contributed by atoms with Crippen LogP contribution >= 0.6 is 0 Å². The van der Waals surface area contributed by atoms with Gasteiger partial charge in [0.2, 0.25) is 0 Å². The molecule has 0 bridgehead atoms. The van der Waals surface area contributed by atoms with Crippen molar-refractivity contribution < 1.29 is 9.53 Å². The van der Waals surface area contributed by atoms with Gasteiger partial charge in [-0.05, 0) is 20.8 Å². The van der Waals surface area contributed by atoms with E-state index < -0.39 is 17.1 Å². The summed E-state index contributed by atoms with van der Waals surface area (Å²) in [6.07, 6.45) is 1.20. The fourth-order valence-electron chi connectivity index (χ4n) is 1.74. The van der Waals surface area contributed by atoms with E-state index in [9.17, 15) is 9.59 Å². The number of hydrogen-bond acceptors (Lipinski definition) is 5. The lowest BCUT2D eigenvalue weighted by molar-refractivity contribution is 0.00666. The molecule has 6 nitrogen and oxygen atoms in total. The summed E-state index contributed by atoms with van der Waals surface area (Å²) >= 11 is 0. The summed E-state index contributed by atoms with van der Waals surface area (Å²) in [4.78, 5) is 28.2. The highest BCUT2D eigenvalue weighted by atomic mass is 16.6. The molecule has 1 aromatic heterocycles. The van der Waals surface area contributed by atoms with Crippen LogP contribution in [0.3, 0.4) is 0 Å². The van der Waals surface area contributed by atoms with Crippen molar-refractivity contribution in [2.24, 2.45) is 0 Å². The SMILES string of the molecule is CC(C)(C)OC(=O)c1cnc(-c2ccccc2)n(N)c1=O. The number of ether oxygens (including phenoxy) is 1. The number of esters is 1. The first-order chi connectivity index (χ1) is 9.79. The number of benzene rings is 1. The minimum atomic E-state index is -0.737. The minimum Gasteiger partial charge on any atom is -0.456 e. The number of nitrogens with two attached hydrogens (primary N) is 1. The maximum absolute atomic E-state index is 12.2. The summed E-state index contributed by atoms with van der Waals surface area (Å²) in [5.41, 5.74) is -0.834. The van der Waals surface area contributed by atoms with Crippen molar-refractivity contribution in [2.75, 3.05) is 5.84 Å². The molecule has 2 aromatic rings. The Morgan fingerprint density at radius 2 is 1.86 bits per heavy atom. The van der Waals surface area contributed by atoms with Crippen molar-refractivity contribution in [3.8, 4) is 11.4 Å². The summed E-state index contributed by atoms with van der Waals surface area (Å²) in [6, 6.07) is 9.01. The van der Waals surface area contributed by atoms with Crippen molar-refractivity contribution in [1.82, 2.24) is 9.66 Å². The summed E-state index contributed by atoms with van der Waals surface area (Å²) in [5.74, 6) is 5.30. The Morgan fingerprint density at radius 3 is 2.43 bits per heavy atom. The van der Waals surface area contributed by atoms with Crippen molar-refractivity contribution in [1.29, 1.82) is 0 Å². The molecule has 0 fully saturated rings. The van der Waals surface area contributed by atoms with Crippen LogP contribution in [-0.2, 0) is 4.74 Å². The molecule has 0 unspecified atom stereocenters. The molecule has 0 saturated heterocycles. The van der Waals surface area contributed by atoms with Gasteiger partial charge in [-0.3, -0.25) is 4.79 Å². The molecule has 0 spiro atoms. The zero-order chi connectivity index (χ0) is 15.6. The molecule has 0 aliphatic carbocycles. The number of aromatic nitrogens is 2. The Bertz CT molecular complexity index is 715. The van der Waals surface area contributed by atoms with Crippen LogP contribution in [0.5, 0.6) is 0 Å². The third-order valence-electron chi connectivity index (χ3n) is 2.64. The summed E-state index contributed by atoms with van der Waals surface area (Å²) in [6.45, 7) is 5.16. The van der Waals surface area contributed by atoms with Crippen LogP contribution in [0, 0.1) is 0 Å². The second-order valence-corrected chi connectivity index (χ2v) is 5.54. The van der Waals surface area contributed by atoms with Crippen LogP contribution in [0.15, 0.2) is 41.3 Å². The Morgan fingerprint density at radius 1 is 1.24 bits per heavy atom. The van der Waals surface area contributed by atoms with Crippen LogP contribution < -0.4 is 11.4 Å². The molecule has 0 saturated carbocycles. The molecule has 0 amide bonds. The molecule has 1 heterocycles. The Kier molecular flexibility index (Phi) is 3.80. The van der Waals surface area contributed by atoms with Gasteiger partial charge < -0.3 is 10.6 Å². The molecule has 2 N–H and O–H groups in total. The normalized spacial score (nSPS) is 11.2. The van der Waals surface area contributed by atoms with E-state index in [1.807, 2.05) is 18.2 Å². The Hall–Kier alpha value is -2.63. The number of rotatable bonds is 2. The average Bonchev–Trinajstić information content (AvgIpc) is 2.40. The maximum Gasteiger partial charge on any atom is 0.345 e. The topological polar surface area (TPSA) is 87.2 Å². The molecule has 6 heteroatoms. The first-order valence-corrected chi connectivity index (χ1v) is 6.45.